The van der Waals surface area contributed by atoms with Crippen molar-refractivity contribution >= 4 is 49.4 Å². The molecule has 0 radical (unpaired) electrons. The Kier molecular flexibility index (Phi) is 4.06. The number of carboxylic acids is 1. The Morgan fingerprint density at radius 3 is 2.47 bits per heavy atom. The maximum absolute atomic E-state index is 11.9. The maximum atomic E-state index is 11.9. The molecule has 7 heteroatoms. The summed E-state index contributed by atoms with van der Waals surface area (Å²) in [6.07, 6.45) is 1.62. The number of hydrogen-bond acceptors (Lipinski definition) is 2. The lowest BCUT2D eigenvalue weighted by atomic mass is 10.2. The molecular weight excluding hydrogens is 380 g/mol. The number of nitrogens with one attached hydrogen (secondary N) is 2. The number of benzene rings is 1. The molecule has 5 nitrogen and oxygen atoms in total. The molecule has 1 amide bonds. The number of rotatable bonds is 3. The summed E-state index contributed by atoms with van der Waals surface area (Å²) in [7, 11) is 0. The minimum Gasteiger partial charge on any atom is -0.478 e. The number of hydrogen-bond donors (Lipinski definition) is 3. The topological polar surface area (TPSA) is 82.2 Å². The van der Waals surface area contributed by atoms with Crippen molar-refractivity contribution in [2.45, 2.75) is 0 Å². The van der Waals surface area contributed by atoms with Crippen molar-refractivity contribution in [1.29, 1.82) is 0 Å². The second-order valence-electron chi connectivity index (χ2n) is 3.68. The van der Waals surface area contributed by atoms with Gasteiger partial charge in [-0.1, -0.05) is 15.9 Å². The first-order valence-corrected chi connectivity index (χ1v) is 6.74. The van der Waals surface area contributed by atoms with Crippen LogP contribution >= 0.6 is 31.9 Å². The highest BCUT2D eigenvalue weighted by Gasteiger charge is 2.14. The molecule has 1 heterocycles. The number of carbonyl (C=O) groups excluding carboxylic acids is 1. The van der Waals surface area contributed by atoms with Crippen LogP contribution in [0.25, 0.3) is 0 Å². The molecule has 1 aromatic heterocycles. The van der Waals surface area contributed by atoms with Gasteiger partial charge in [-0.2, -0.15) is 0 Å². The average molecular weight is 388 g/mol. The van der Waals surface area contributed by atoms with Crippen molar-refractivity contribution in [3.63, 3.8) is 0 Å². The van der Waals surface area contributed by atoms with Crippen LogP contribution in [0.5, 0.6) is 0 Å². The van der Waals surface area contributed by atoms with E-state index in [9.17, 15) is 9.59 Å². The minimum absolute atomic E-state index is 0.0298. The van der Waals surface area contributed by atoms with E-state index in [1.54, 1.807) is 24.4 Å². The Morgan fingerprint density at radius 2 is 1.89 bits per heavy atom. The van der Waals surface area contributed by atoms with Gasteiger partial charge in [-0.3, -0.25) is 4.79 Å². The van der Waals surface area contributed by atoms with E-state index in [2.05, 4.69) is 42.2 Å². The second kappa shape index (κ2) is 5.58. The summed E-state index contributed by atoms with van der Waals surface area (Å²) >= 11 is 6.46. The van der Waals surface area contributed by atoms with E-state index in [-0.39, 0.29) is 11.3 Å². The van der Waals surface area contributed by atoms with Crippen LogP contribution in [0.3, 0.4) is 0 Å². The highest BCUT2D eigenvalue weighted by atomic mass is 79.9. The lowest BCUT2D eigenvalue weighted by Crippen LogP contribution is -2.15. The molecule has 0 aliphatic carbocycles. The van der Waals surface area contributed by atoms with E-state index in [0.717, 1.165) is 4.47 Å². The van der Waals surface area contributed by atoms with Gasteiger partial charge >= 0.3 is 5.97 Å². The summed E-state index contributed by atoms with van der Waals surface area (Å²) in [5, 5.41) is 11.6. The van der Waals surface area contributed by atoms with Crippen molar-refractivity contribution in [3.05, 3.63) is 50.7 Å². The van der Waals surface area contributed by atoms with Crippen molar-refractivity contribution in [2.75, 3.05) is 5.32 Å². The largest absolute Gasteiger partial charge is 0.478 e. The summed E-state index contributed by atoms with van der Waals surface area (Å²) in [5.74, 6) is -1.51. The number of anilines is 1. The first-order chi connectivity index (χ1) is 8.97. The highest BCUT2D eigenvalue weighted by molar-refractivity contribution is 9.10. The zero-order valence-corrected chi connectivity index (χ0v) is 12.6. The fraction of sp³-hybridized carbons (Fsp3) is 0. The predicted octanol–water partition coefficient (Wildman–Crippen LogP) is 3.49. The van der Waals surface area contributed by atoms with Crippen molar-refractivity contribution in [2.24, 2.45) is 0 Å². The first-order valence-electron chi connectivity index (χ1n) is 5.15. The van der Waals surface area contributed by atoms with E-state index < -0.39 is 11.9 Å². The van der Waals surface area contributed by atoms with Crippen molar-refractivity contribution in [1.82, 2.24) is 4.98 Å². The molecule has 0 atom stereocenters. The molecule has 0 saturated carbocycles. The molecule has 0 fully saturated rings. The van der Waals surface area contributed by atoms with Gasteiger partial charge in [0, 0.05) is 15.1 Å². The molecule has 0 aliphatic heterocycles. The molecule has 1 aromatic carbocycles. The zero-order chi connectivity index (χ0) is 14.0. The van der Waals surface area contributed by atoms with E-state index in [4.69, 9.17) is 5.11 Å². The molecule has 0 aliphatic rings. The first kappa shape index (κ1) is 13.8. The summed E-state index contributed by atoms with van der Waals surface area (Å²) in [6.45, 7) is 0. The van der Waals surface area contributed by atoms with Gasteiger partial charge in [0.2, 0.25) is 0 Å². The lowest BCUT2D eigenvalue weighted by Gasteiger charge is -2.08. The molecule has 3 N–H and O–H groups in total. The molecule has 0 unspecified atom stereocenters. The Bertz CT molecular complexity index is 652. The van der Waals surface area contributed by atoms with Gasteiger partial charge in [-0.15, -0.1) is 0 Å². The number of carboxylic acid groups (broad SMARTS) is 1. The van der Waals surface area contributed by atoms with Crippen LogP contribution in [-0.2, 0) is 0 Å². The van der Waals surface area contributed by atoms with Gasteiger partial charge in [0.25, 0.3) is 5.91 Å². The average Bonchev–Trinajstić information content (AvgIpc) is 2.75. The van der Waals surface area contributed by atoms with E-state index >= 15 is 0 Å². The van der Waals surface area contributed by atoms with Crippen molar-refractivity contribution in [3.8, 4) is 0 Å². The normalized spacial score (nSPS) is 10.2. The molecular formula is C12H8Br2N2O3. The number of aromatic amines is 1. The molecule has 2 aromatic rings. The van der Waals surface area contributed by atoms with Crippen LogP contribution in [-0.4, -0.2) is 22.0 Å². The summed E-state index contributed by atoms with van der Waals surface area (Å²) in [4.78, 5) is 25.8. The fourth-order valence-electron chi connectivity index (χ4n) is 1.50. The Morgan fingerprint density at radius 1 is 1.16 bits per heavy atom. The number of amides is 1. The molecule has 2 rings (SSSR count). The van der Waals surface area contributed by atoms with Gasteiger partial charge in [-0.25, -0.2) is 4.79 Å². The molecule has 0 saturated heterocycles. The van der Waals surface area contributed by atoms with Crippen LogP contribution in [0.2, 0.25) is 0 Å². The minimum atomic E-state index is -1.10. The predicted molar refractivity (Wildman–Crippen MR) is 77.5 cm³/mol. The standard InChI is InChI=1S/C12H8Br2N2O3/c13-6-1-2-8(12(18)19)9(3-6)16-11(17)10-4-7(14)5-15-10/h1-5,15H,(H,16,17)(H,18,19). The van der Waals surface area contributed by atoms with E-state index in [1.807, 2.05) is 0 Å². The van der Waals surface area contributed by atoms with Crippen molar-refractivity contribution < 1.29 is 14.7 Å². The summed E-state index contributed by atoms with van der Waals surface area (Å²) in [6, 6.07) is 6.17. The Balaban J connectivity index is 2.30. The van der Waals surface area contributed by atoms with Gasteiger partial charge in [0.05, 0.1) is 11.3 Å². The van der Waals surface area contributed by atoms with E-state index in [0.29, 0.717) is 10.2 Å². The van der Waals surface area contributed by atoms with E-state index in [1.165, 1.54) is 6.07 Å². The smallest absolute Gasteiger partial charge is 0.337 e. The third-order valence-electron chi connectivity index (χ3n) is 2.35. The highest BCUT2D eigenvalue weighted by Crippen LogP contribution is 2.22. The molecule has 98 valence electrons. The molecule has 19 heavy (non-hydrogen) atoms. The second-order valence-corrected chi connectivity index (χ2v) is 5.51. The van der Waals surface area contributed by atoms with Gasteiger partial charge in [-0.05, 0) is 40.2 Å². The number of carbonyl (C=O) groups is 2. The fourth-order valence-corrected chi connectivity index (χ4v) is 2.20. The van der Waals surface area contributed by atoms with Crippen LogP contribution in [0.4, 0.5) is 5.69 Å². The van der Waals surface area contributed by atoms with Crippen LogP contribution in [0, 0.1) is 0 Å². The van der Waals surface area contributed by atoms with Crippen LogP contribution in [0.1, 0.15) is 20.8 Å². The number of aromatic carboxylic acids is 1. The summed E-state index contributed by atoms with van der Waals surface area (Å²) < 4.78 is 1.42. The molecule has 0 bridgehead atoms. The number of halogens is 2. The number of aromatic nitrogens is 1. The third-order valence-corrected chi connectivity index (χ3v) is 3.30. The maximum Gasteiger partial charge on any atom is 0.337 e. The van der Waals surface area contributed by atoms with Gasteiger partial charge in [0.1, 0.15) is 5.69 Å². The van der Waals surface area contributed by atoms with Gasteiger partial charge < -0.3 is 15.4 Å². The van der Waals surface area contributed by atoms with Gasteiger partial charge in [0.15, 0.2) is 0 Å². The monoisotopic (exact) mass is 386 g/mol. The zero-order valence-electron chi connectivity index (χ0n) is 9.41. The summed E-state index contributed by atoms with van der Waals surface area (Å²) in [5.41, 5.74) is 0.600. The van der Waals surface area contributed by atoms with Crippen LogP contribution < -0.4 is 5.32 Å². The quantitative estimate of drug-likeness (QED) is 0.753. The Labute approximate surface area is 125 Å². The number of H-pyrrole nitrogens is 1. The lowest BCUT2D eigenvalue weighted by molar-refractivity contribution is 0.0698. The third kappa shape index (κ3) is 3.24. The SMILES string of the molecule is O=C(Nc1cc(Br)ccc1C(=O)O)c1cc(Br)c[nH]1. The Hall–Kier alpha value is -1.60. The van der Waals surface area contributed by atoms with Crippen LogP contribution in [0.15, 0.2) is 39.4 Å². The molecule has 0 spiro atoms.